The van der Waals surface area contributed by atoms with Crippen LogP contribution in [0, 0.1) is 0 Å². The summed E-state index contributed by atoms with van der Waals surface area (Å²) >= 11 is 1.20. The monoisotopic (exact) mass is 314 g/mol. The number of aromatic nitrogens is 1. The number of hydrogen-bond donors (Lipinski definition) is 2. The highest BCUT2D eigenvalue weighted by Crippen LogP contribution is 2.23. The van der Waals surface area contributed by atoms with Gasteiger partial charge in [-0.15, -0.1) is 11.3 Å². The molecule has 0 unspecified atom stereocenters. The van der Waals surface area contributed by atoms with Gasteiger partial charge in [0.2, 0.25) is 5.91 Å². The number of aromatic amines is 1. The number of rotatable bonds is 4. The Hall–Kier alpha value is -2.60. The molecule has 0 saturated heterocycles. The largest absolute Gasteiger partial charge is 0.465 e. The molecule has 2 heterocycles. The zero-order valence-electron chi connectivity index (χ0n) is 11.9. The molecule has 3 rings (SSSR count). The van der Waals surface area contributed by atoms with Crippen LogP contribution in [0.5, 0.6) is 0 Å². The lowest BCUT2D eigenvalue weighted by Crippen LogP contribution is -2.13. The molecular formula is C16H14N2O3S. The molecule has 0 fully saturated rings. The van der Waals surface area contributed by atoms with Gasteiger partial charge in [0, 0.05) is 17.1 Å². The van der Waals surface area contributed by atoms with Crippen LogP contribution in [0.25, 0.3) is 10.9 Å². The van der Waals surface area contributed by atoms with E-state index in [1.165, 1.54) is 18.4 Å². The average Bonchev–Trinajstić information content (AvgIpc) is 3.14. The number of anilines is 1. The fourth-order valence-electron chi connectivity index (χ4n) is 2.25. The third-order valence-corrected chi connectivity index (χ3v) is 4.26. The fraction of sp³-hybridized carbons (Fsp3) is 0.125. The highest BCUT2D eigenvalue weighted by atomic mass is 32.1. The van der Waals surface area contributed by atoms with Crippen LogP contribution < -0.4 is 5.32 Å². The standard InChI is InChI=1S/C16H14N2O3S/c1-21-16(20)13-6-7-15(22-13)18-14(19)8-10-9-17-12-5-3-2-4-11(10)12/h2-7,9,17H,8H2,1H3,(H,18,19). The fourth-order valence-corrected chi connectivity index (χ4v) is 3.09. The molecule has 0 atom stereocenters. The van der Waals surface area contributed by atoms with Crippen molar-refractivity contribution in [3.8, 4) is 0 Å². The molecule has 0 saturated carbocycles. The molecular weight excluding hydrogens is 300 g/mol. The Morgan fingerprint density at radius 1 is 1.23 bits per heavy atom. The molecule has 0 aliphatic carbocycles. The number of amides is 1. The summed E-state index contributed by atoms with van der Waals surface area (Å²) in [5.74, 6) is -0.523. The first-order chi connectivity index (χ1) is 10.7. The Morgan fingerprint density at radius 3 is 2.86 bits per heavy atom. The van der Waals surface area contributed by atoms with Crippen LogP contribution in [0.1, 0.15) is 15.2 Å². The zero-order chi connectivity index (χ0) is 15.5. The second-order valence-corrected chi connectivity index (χ2v) is 5.82. The second kappa shape index (κ2) is 6.03. The smallest absolute Gasteiger partial charge is 0.348 e. The number of para-hydroxylation sites is 1. The molecule has 3 aromatic rings. The summed E-state index contributed by atoms with van der Waals surface area (Å²) in [4.78, 5) is 27.1. The predicted molar refractivity (Wildman–Crippen MR) is 86.3 cm³/mol. The minimum atomic E-state index is -0.401. The number of thiophene rings is 1. The van der Waals surface area contributed by atoms with E-state index in [-0.39, 0.29) is 12.3 Å². The summed E-state index contributed by atoms with van der Waals surface area (Å²) in [5, 5.41) is 4.47. The number of nitrogens with one attached hydrogen (secondary N) is 2. The number of carbonyl (C=O) groups excluding carboxylic acids is 2. The molecule has 0 aliphatic rings. The number of methoxy groups -OCH3 is 1. The molecule has 0 radical (unpaired) electrons. The van der Waals surface area contributed by atoms with Crippen molar-refractivity contribution >= 4 is 39.1 Å². The highest BCUT2D eigenvalue weighted by molar-refractivity contribution is 7.18. The van der Waals surface area contributed by atoms with Crippen LogP contribution in [-0.4, -0.2) is 24.0 Å². The van der Waals surface area contributed by atoms with E-state index in [4.69, 9.17) is 0 Å². The van der Waals surface area contributed by atoms with Crippen molar-refractivity contribution in [3.63, 3.8) is 0 Å². The third-order valence-electron chi connectivity index (χ3n) is 3.28. The van der Waals surface area contributed by atoms with E-state index in [0.717, 1.165) is 16.5 Å². The Labute approximate surface area is 130 Å². The Morgan fingerprint density at radius 2 is 2.05 bits per heavy atom. The molecule has 112 valence electrons. The molecule has 1 aromatic carbocycles. The van der Waals surface area contributed by atoms with E-state index in [0.29, 0.717) is 9.88 Å². The minimum absolute atomic E-state index is 0.122. The molecule has 0 aliphatic heterocycles. The number of H-pyrrole nitrogens is 1. The number of ether oxygens (including phenoxy) is 1. The van der Waals surface area contributed by atoms with Crippen molar-refractivity contribution in [2.45, 2.75) is 6.42 Å². The average molecular weight is 314 g/mol. The SMILES string of the molecule is COC(=O)c1ccc(NC(=O)Cc2c[nH]c3ccccc23)s1. The first-order valence-corrected chi connectivity index (χ1v) is 7.52. The van der Waals surface area contributed by atoms with E-state index in [1.807, 2.05) is 30.5 Å². The van der Waals surface area contributed by atoms with Gasteiger partial charge in [0.15, 0.2) is 0 Å². The van der Waals surface area contributed by atoms with Crippen LogP contribution >= 0.6 is 11.3 Å². The minimum Gasteiger partial charge on any atom is -0.465 e. The highest BCUT2D eigenvalue weighted by Gasteiger charge is 2.12. The molecule has 2 aromatic heterocycles. The number of esters is 1. The van der Waals surface area contributed by atoms with Crippen molar-refractivity contribution in [2.24, 2.45) is 0 Å². The molecule has 0 spiro atoms. The van der Waals surface area contributed by atoms with Crippen LogP contribution in [0.2, 0.25) is 0 Å². The topological polar surface area (TPSA) is 71.2 Å². The maximum absolute atomic E-state index is 12.1. The van der Waals surface area contributed by atoms with E-state index in [2.05, 4.69) is 15.0 Å². The van der Waals surface area contributed by atoms with Gasteiger partial charge in [0.05, 0.1) is 18.5 Å². The van der Waals surface area contributed by atoms with Gasteiger partial charge in [-0.1, -0.05) is 18.2 Å². The Kier molecular flexibility index (Phi) is 3.93. The lowest BCUT2D eigenvalue weighted by Gasteiger charge is -2.01. The van der Waals surface area contributed by atoms with Crippen LogP contribution in [0.3, 0.4) is 0 Å². The molecule has 2 N–H and O–H groups in total. The van der Waals surface area contributed by atoms with Gasteiger partial charge in [-0.05, 0) is 23.8 Å². The van der Waals surface area contributed by atoms with Crippen LogP contribution in [-0.2, 0) is 16.0 Å². The van der Waals surface area contributed by atoms with Crippen molar-refractivity contribution in [1.82, 2.24) is 4.98 Å². The molecule has 1 amide bonds. The third kappa shape index (κ3) is 2.87. The number of carbonyl (C=O) groups is 2. The second-order valence-electron chi connectivity index (χ2n) is 4.74. The summed E-state index contributed by atoms with van der Waals surface area (Å²) < 4.78 is 4.64. The quantitative estimate of drug-likeness (QED) is 0.726. The predicted octanol–water partition coefficient (Wildman–Crippen LogP) is 3.20. The Bertz CT molecular complexity index is 835. The van der Waals surface area contributed by atoms with Gasteiger partial charge >= 0.3 is 5.97 Å². The first-order valence-electron chi connectivity index (χ1n) is 6.70. The number of hydrogen-bond acceptors (Lipinski definition) is 4. The first kappa shape index (κ1) is 14.3. The normalized spacial score (nSPS) is 10.6. The summed E-state index contributed by atoms with van der Waals surface area (Å²) in [7, 11) is 1.33. The van der Waals surface area contributed by atoms with Gasteiger partial charge in [-0.25, -0.2) is 4.79 Å². The Balaban J connectivity index is 1.70. The lowest BCUT2D eigenvalue weighted by atomic mass is 10.1. The van der Waals surface area contributed by atoms with E-state index in [1.54, 1.807) is 12.1 Å². The summed E-state index contributed by atoms with van der Waals surface area (Å²) in [6.45, 7) is 0. The van der Waals surface area contributed by atoms with Gasteiger partial charge in [0.1, 0.15) is 4.88 Å². The van der Waals surface area contributed by atoms with Gasteiger partial charge < -0.3 is 15.0 Å². The summed E-state index contributed by atoms with van der Waals surface area (Å²) in [6.07, 6.45) is 2.12. The van der Waals surface area contributed by atoms with Gasteiger partial charge in [0.25, 0.3) is 0 Å². The maximum atomic E-state index is 12.1. The maximum Gasteiger partial charge on any atom is 0.348 e. The molecule has 0 bridgehead atoms. The van der Waals surface area contributed by atoms with Crippen molar-refractivity contribution in [3.05, 3.63) is 53.0 Å². The van der Waals surface area contributed by atoms with E-state index < -0.39 is 5.97 Å². The van der Waals surface area contributed by atoms with Gasteiger partial charge in [-0.2, -0.15) is 0 Å². The van der Waals surface area contributed by atoms with Crippen molar-refractivity contribution < 1.29 is 14.3 Å². The van der Waals surface area contributed by atoms with Crippen molar-refractivity contribution in [1.29, 1.82) is 0 Å². The molecule has 5 nitrogen and oxygen atoms in total. The lowest BCUT2D eigenvalue weighted by molar-refractivity contribution is -0.115. The van der Waals surface area contributed by atoms with Gasteiger partial charge in [-0.3, -0.25) is 4.79 Å². The summed E-state index contributed by atoms with van der Waals surface area (Å²) in [5.41, 5.74) is 1.95. The van der Waals surface area contributed by atoms with E-state index in [9.17, 15) is 9.59 Å². The molecule has 22 heavy (non-hydrogen) atoms. The van der Waals surface area contributed by atoms with Crippen LogP contribution in [0.15, 0.2) is 42.6 Å². The van der Waals surface area contributed by atoms with Crippen LogP contribution in [0.4, 0.5) is 5.00 Å². The zero-order valence-corrected chi connectivity index (χ0v) is 12.7. The number of fused-ring (bicyclic) bond motifs is 1. The summed E-state index contributed by atoms with van der Waals surface area (Å²) in [6, 6.07) is 11.2. The molecule has 6 heteroatoms. The number of benzene rings is 1. The van der Waals surface area contributed by atoms with Crippen molar-refractivity contribution in [2.75, 3.05) is 12.4 Å². The van der Waals surface area contributed by atoms with E-state index >= 15 is 0 Å².